The lowest BCUT2D eigenvalue weighted by Gasteiger charge is -2.44. The van der Waals surface area contributed by atoms with Crippen LogP contribution in [-0.2, 0) is 9.47 Å². The van der Waals surface area contributed by atoms with Crippen LogP contribution >= 0.6 is 0 Å². The molecule has 0 aromatic carbocycles. The summed E-state index contributed by atoms with van der Waals surface area (Å²) in [6.45, 7) is 9.08. The Kier molecular flexibility index (Phi) is 3.33. The Hall–Kier alpha value is -0.970. The normalized spacial score (nSPS) is 24.7. The summed E-state index contributed by atoms with van der Waals surface area (Å²) in [5.74, 6) is 0.928. The van der Waals surface area contributed by atoms with Crippen molar-refractivity contribution in [3.63, 3.8) is 0 Å². The molecule has 0 bridgehead atoms. The Morgan fingerprint density at radius 3 is 2.53 bits per heavy atom. The van der Waals surface area contributed by atoms with Crippen LogP contribution in [0.2, 0.25) is 0 Å². The highest BCUT2D eigenvalue weighted by Crippen LogP contribution is 2.37. The van der Waals surface area contributed by atoms with E-state index < -0.39 is 0 Å². The number of aryl methyl sites for hydroxylation is 1. The smallest absolute Gasteiger partial charge is 0.230 e. The molecule has 4 heteroatoms. The number of nitrogens with zero attached hydrogens (tertiary/aromatic N) is 2. The molecule has 2 fully saturated rings. The molecular weight excluding hydrogens is 240 g/mol. The Bertz CT molecular complexity index is 445. The maximum absolute atomic E-state index is 5.83. The van der Waals surface area contributed by atoms with Crippen LogP contribution in [0.4, 0.5) is 5.82 Å². The summed E-state index contributed by atoms with van der Waals surface area (Å²) in [7, 11) is 0. The fourth-order valence-corrected chi connectivity index (χ4v) is 3.44. The van der Waals surface area contributed by atoms with E-state index in [1.54, 1.807) is 0 Å². The summed E-state index contributed by atoms with van der Waals surface area (Å²) in [5.41, 5.74) is 1.29. The topological polar surface area (TPSA) is 31.4 Å². The number of piperidine rings is 1. The van der Waals surface area contributed by atoms with Gasteiger partial charge in [0.05, 0.1) is 45.7 Å². The number of rotatable bonds is 2. The number of likely N-dealkylation sites (tertiary alicyclic amines) is 1. The molecule has 1 spiro atoms. The van der Waals surface area contributed by atoms with E-state index in [2.05, 4.69) is 24.9 Å². The molecule has 1 aromatic rings. The second-order valence-corrected chi connectivity index (χ2v) is 5.66. The number of ether oxygens (including phenoxy) is 2. The molecule has 2 saturated heterocycles. The molecule has 2 aliphatic heterocycles. The summed E-state index contributed by atoms with van der Waals surface area (Å²) in [6, 6.07) is 4.17. The third-order valence-corrected chi connectivity index (χ3v) is 4.69. The molecular formula is C15H23N2O2+. The van der Waals surface area contributed by atoms with Gasteiger partial charge in [0, 0.05) is 11.8 Å². The fourth-order valence-electron chi connectivity index (χ4n) is 3.44. The lowest BCUT2D eigenvalue weighted by molar-refractivity contribution is -0.184. The van der Waals surface area contributed by atoms with Gasteiger partial charge in [-0.3, -0.25) is 4.48 Å². The van der Waals surface area contributed by atoms with Crippen LogP contribution in [0, 0.1) is 6.92 Å². The summed E-state index contributed by atoms with van der Waals surface area (Å²) in [6.07, 6.45) is 3.85. The quantitative estimate of drug-likeness (QED) is 0.767. The highest BCUT2D eigenvalue weighted by molar-refractivity contribution is 5.43. The maximum Gasteiger partial charge on any atom is 0.230 e. The van der Waals surface area contributed by atoms with Gasteiger partial charge in [-0.25, -0.2) is 4.98 Å². The summed E-state index contributed by atoms with van der Waals surface area (Å²) in [4.78, 5) is 4.65. The zero-order chi connectivity index (χ0) is 13.3. The van der Waals surface area contributed by atoms with Crippen LogP contribution < -0.4 is 4.48 Å². The van der Waals surface area contributed by atoms with E-state index in [0.29, 0.717) is 0 Å². The minimum Gasteiger partial charge on any atom is -0.347 e. The van der Waals surface area contributed by atoms with Crippen molar-refractivity contribution in [2.75, 3.05) is 32.8 Å². The summed E-state index contributed by atoms with van der Waals surface area (Å²) in [5, 5.41) is 0. The maximum atomic E-state index is 5.83. The highest BCUT2D eigenvalue weighted by atomic mass is 16.7. The number of pyridine rings is 1. The molecule has 0 N–H and O–H groups in total. The van der Waals surface area contributed by atoms with E-state index >= 15 is 0 Å². The van der Waals surface area contributed by atoms with E-state index in [9.17, 15) is 0 Å². The van der Waals surface area contributed by atoms with Crippen molar-refractivity contribution < 1.29 is 9.47 Å². The second-order valence-electron chi connectivity index (χ2n) is 5.66. The first-order valence-corrected chi connectivity index (χ1v) is 7.26. The van der Waals surface area contributed by atoms with Gasteiger partial charge in [-0.05, 0) is 19.9 Å². The van der Waals surface area contributed by atoms with Crippen LogP contribution in [0.1, 0.15) is 25.3 Å². The minimum atomic E-state index is -0.292. The first-order valence-electron chi connectivity index (χ1n) is 7.26. The van der Waals surface area contributed by atoms with Gasteiger partial charge >= 0.3 is 0 Å². The molecule has 104 valence electrons. The Balaban J connectivity index is 1.84. The van der Waals surface area contributed by atoms with E-state index in [-0.39, 0.29) is 5.79 Å². The number of hydrogen-bond donors (Lipinski definition) is 0. The molecule has 0 aliphatic carbocycles. The van der Waals surface area contributed by atoms with Gasteiger partial charge in [0.25, 0.3) is 0 Å². The predicted octanol–water partition coefficient (Wildman–Crippen LogP) is 2.25. The zero-order valence-corrected chi connectivity index (χ0v) is 11.9. The summed E-state index contributed by atoms with van der Waals surface area (Å²) >= 11 is 0. The van der Waals surface area contributed by atoms with E-state index in [1.165, 1.54) is 11.4 Å². The van der Waals surface area contributed by atoms with Gasteiger partial charge < -0.3 is 9.47 Å². The van der Waals surface area contributed by atoms with Crippen molar-refractivity contribution in [1.82, 2.24) is 9.47 Å². The highest BCUT2D eigenvalue weighted by Gasteiger charge is 2.47. The molecule has 3 heterocycles. The first kappa shape index (κ1) is 13.0. The molecule has 0 saturated carbocycles. The van der Waals surface area contributed by atoms with Gasteiger partial charge in [0.1, 0.15) is 0 Å². The Labute approximate surface area is 114 Å². The van der Waals surface area contributed by atoms with Gasteiger partial charge in [-0.1, -0.05) is 6.07 Å². The van der Waals surface area contributed by atoms with Crippen LogP contribution in [0.25, 0.3) is 0 Å². The third-order valence-electron chi connectivity index (χ3n) is 4.69. The second kappa shape index (κ2) is 4.85. The number of aromatic nitrogens is 1. The van der Waals surface area contributed by atoms with E-state index in [4.69, 9.17) is 9.47 Å². The van der Waals surface area contributed by atoms with E-state index in [0.717, 1.165) is 50.2 Å². The van der Waals surface area contributed by atoms with Crippen LogP contribution in [0.5, 0.6) is 0 Å². The molecule has 2 aliphatic rings. The van der Waals surface area contributed by atoms with Gasteiger partial charge in [-0.15, -0.1) is 0 Å². The molecule has 1 aromatic heterocycles. The lowest BCUT2D eigenvalue weighted by atomic mass is 9.99. The first-order chi connectivity index (χ1) is 9.20. The SMILES string of the molecule is CC[N+]1(c2ncccc2C)CCC2(CC1)OCCO2. The predicted molar refractivity (Wildman–Crippen MR) is 74.9 cm³/mol. The van der Waals surface area contributed by atoms with Gasteiger partial charge in [-0.2, -0.15) is 0 Å². The van der Waals surface area contributed by atoms with Crippen molar-refractivity contribution >= 4 is 5.82 Å². The number of hydrogen-bond acceptors (Lipinski definition) is 3. The summed E-state index contributed by atoms with van der Waals surface area (Å²) < 4.78 is 12.6. The van der Waals surface area contributed by atoms with Crippen LogP contribution in [0.3, 0.4) is 0 Å². The lowest BCUT2D eigenvalue weighted by Crippen LogP contribution is -2.59. The third kappa shape index (κ3) is 2.18. The Morgan fingerprint density at radius 1 is 1.26 bits per heavy atom. The monoisotopic (exact) mass is 263 g/mol. The molecule has 0 atom stereocenters. The molecule has 0 radical (unpaired) electrons. The van der Waals surface area contributed by atoms with Gasteiger partial charge in [0.2, 0.25) is 5.82 Å². The van der Waals surface area contributed by atoms with Crippen molar-refractivity contribution in [3.05, 3.63) is 23.9 Å². The molecule has 0 amide bonds. The molecule has 4 nitrogen and oxygen atoms in total. The average Bonchev–Trinajstić information content (AvgIpc) is 2.90. The van der Waals surface area contributed by atoms with Crippen LogP contribution in [0.15, 0.2) is 18.3 Å². The Morgan fingerprint density at radius 2 is 1.95 bits per heavy atom. The number of quaternary nitrogens is 1. The van der Waals surface area contributed by atoms with Crippen molar-refractivity contribution in [1.29, 1.82) is 0 Å². The van der Waals surface area contributed by atoms with Crippen LogP contribution in [-0.4, -0.2) is 43.6 Å². The van der Waals surface area contributed by atoms with Gasteiger partial charge in [0.15, 0.2) is 5.79 Å². The largest absolute Gasteiger partial charge is 0.347 e. The molecule has 0 unspecified atom stereocenters. The minimum absolute atomic E-state index is 0.292. The average molecular weight is 263 g/mol. The fraction of sp³-hybridized carbons (Fsp3) is 0.667. The van der Waals surface area contributed by atoms with Crippen molar-refractivity contribution in [3.8, 4) is 0 Å². The molecule has 19 heavy (non-hydrogen) atoms. The standard InChI is InChI=1S/C15H23N2O2/c1-3-17(14-13(2)5-4-8-16-14)9-6-15(7-10-17)18-11-12-19-15/h4-5,8H,3,6-7,9-12H2,1-2H3/q+1. The molecule has 3 rings (SSSR count). The van der Waals surface area contributed by atoms with Crippen molar-refractivity contribution in [2.24, 2.45) is 0 Å². The zero-order valence-electron chi connectivity index (χ0n) is 11.9. The van der Waals surface area contributed by atoms with Crippen molar-refractivity contribution in [2.45, 2.75) is 32.5 Å². The van der Waals surface area contributed by atoms with E-state index in [1.807, 2.05) is 12.3 Å².